The van der Waals surface area contributed by atoms with Gasteiger partial charge in [-0.25, -0.2) is 0 Å². The SMILES string of the molecule is CCCCCc1ccccc1.CCCN. The fourth-order valence-corrected chi connectivity index (χ4v) is 1.22. The standard InChI is InChI=1S/C11H16.C3H9N/c1-2-3-5-8-11-9-6-4-7-10-11;1-2-3-4/h4,6-7,9-10H,2-3,5,8H2,1H3;2-4H2,1H3. The van der Waals surface area contributed by atoms with Crippen LogP contribution in [-0.4, -0.2) is 6.54 Å². The normalized spacial score (nSPS) is 9.27. The molecule has 0 aliphatic carbocycles. The van der Waals surface area contributed by atoms with Gasteiger partial charge in [-0.2, -0.15) is 0 Å². The first-order chi connectivity index (χ1) is 7.35. The van der Waals surface area contributed by atoms with Crippen LogP contribution in [0.3, 0.4) is 0 Å². The predicted octanol–water partition coefficient (Wildman–Crippen LogP) is 3.77. The van der Waals surface area contributed by atoms with Crippen molar-refractivity contribution in [1.29, 1.82) is 0 Å². The minimum Gasteiger partial charge on any atom is -0.330 e. The van der Waals surface area contributed by atoms with Gasteiger partial charge in [0.1, 0.15) is 0 Å². The molecular weight excluding hydrogens is 182 g/mol. The summed E-state index contributed by atoms with van der Waals surface area (Å²) >= 11 is 0. The monoisotopic (exact) mass is 207 g/mol. The maximum atomic E-state index is 5.03. The van der Waals surface area contributed by atoms with Crippen LogP contribution in [0.4, 0.5) is 0 Å². The van der Waals surface area contributed by atoms with Crippen LogP contribution >= 0.6 is 0 Å². The highest BCUT2D eigenvalue weighted by Gasteiger charge is 1.89. The first-order valence-corrected chi connectivity index (χ1v) is 6.09. The second kappa shape index (κ2) is 11.3. The average molecular weight is 207 g/mol. The first kappa shape index (κ1) is 14.2. The Hall–Kier alpha value is -0.820. The number of nitrogens with two attached hydrogens (primary N) is 1. The molecule has 1 aromatic rings. The van der Waals surface area contributed by atoms with Crippen LogP contribution in [0.15, 0.2) is 30.3 Å². The fourth-order valence-electron chi connectivity index (χ4n) is 1.22. The molecule has 0 bridgehead atoms. The molecule has 86 valence electrons. The third-order valence-corrected chi connectivity index (χ3v) is 2.20. The van der Waals surface area contributed by atoms with Crippen LogP contribution < -0.4 is 5.73 Å². The minimum absolute atomic E-state index is 0.819. The maximum Gasteiger partial charge on any atom is -0.00799 e. The van der Waals surface area contributed by atoms with Crippen molar-refractivity contribution in [3.05, 3.63) is 35.9 Å². The van der Waals surface area contributed by atoms with Gasteiger partial charge in [-0.15, -0.1) is 0 Å². The van der Waals surface area contributed by atoms with E-state index in [1.54, 1.807) is 0 Å². The van der Waals surface area contributed by atoms with E-state index in [1.807, 2.05) is 0 Å². The van der Waals surface area contributed by atoms with Crippen LogP contribution in [0.5, 0.6) is 0 Å². The van der Waals surface area contributed by atoms with Crippen LogP contribution in [0, 0.1) is 0 Å². The Morgan fingerprint density at radius 1 is 0.933 bits per heavy atom. The van der Waals surface area contributed by atoms with Gasteiger partial charge in [-0.05, 0) is 31.4 Å². The number of hydrogen-bond acceptors (Lipinski definition) is 1. The molecule has 15 heavy (non-hydrogen) atoms. The van der Waals surface area contributed by atoms with Crippen molar-refractivity contribution in [3.8, 4) is 0 Å². The second-order valence-corrected chi connectivity index (χ2v) is 3.73. The van der Waals surface area contributed by atoms with E-state index in [1.165, 1.54) is 31.2 Å². The molecule has 1 rings (SSSR count). The molecule has 1 heteroatoms. The molecule has 1 nitrogen and oxygen atoms in total. The van der Waals surface area contributed by atoms with Crippen molar-refractivity contribution >= 4 is 0 Å². The molecule has 2 N–H and O–H groups in total. The molecule has 0 aliphatic heterocycles. The molecule has 0 radical (unpaired) electrons. The average Bonchev–Trinajstić information content (AvgIpc) is 2.31. The van der Waals surface area contributed by atoms with Gasteiger partial charge >= 0.3 is 0 Å². The molecule has 0 fully saturated rings. The second-order valence-electron chi connectivity index (χ2n) is 3.73. The highest BCUT2D eigenvalue weighted by atomic mass is 14.5. The number of rotatable bonds is 5. The molecule has 0 unspecified atom stereocenters. The van der Waals surface area contributed by atoms with Crippen molar-refractivity contribution < 1.29 is 0 Å². The van der Waals surface area contributed by atoms with E-state index < -0.39 is 0 Å². The molecular formula is C14H25N. The van der Waals surface area contributed by atoms with Gasteiger partial charge in [-0.3, -0.25) is 0 Å². The van der Waals surface area contributed by atoms with Crippen molar-refractivity contribution in [2.75, 3.05) is 6.54 Å². The summed E-state index contributed by atoms with van der Waals surface area (Å²) in [7, 11) is 0. The molecule has 0 spiro atoms. The van der Waals surface area contributed by atoms with Gasteiger partial charge in [0.15, 0.2) is 0 Å². The lowest BCUT2D eigenvalue weighted by atomic mass is 10.1. The first-order valence-electron chi connectivity index (χ1n) is 6.09. The Bertz CT molecular complexity index is 204. The molecule has 0 saturated carbocycles. The molecule has 1 aromatic carbocycles. The summed E-state index contributed by atoms with van der Waals surface area (Å²) in [6.07, 6.45) is 6.34. The third kappa shape index (κ3) is 9.48. The Balaban J connectivity index is 0.000000423. The van der Waals surface area contributed by atoms with Gasteiger partial charge in [-0.1, -0.05) is 57.0 Å². The van der Waals surface area contributed by atoms with Crippen molar-refractivity contribution in [3.63, 3.8) is 0 Å². The van der Waals surface area contributed by atoms with Crippen molar-refractivity contribution in [1.82, 2.24) is 0 Å². The van der Waals surface area contributed by atoms with Crippen LogP contribution in [0.25, 0.3) is 0 Å². The number of benzene rings is 1. The largest absolute Gasteiger partial charge is 0.330 e. The highest BCUT2D eigenvalue weighted by molar-refractivity contribution is 5.14. The van der Waals surface area contributed by atoms with E-state index in [2.05, 4.69) is 44.2 Å². The lowest BCUT2D eigenvalue weighted by Gasteiger charge is -1.98. The van der Waals surface area contributed by atoms with Gasteiger partial charge in [0, 0.05) is 0 Å². The summed E-state index contributed by atoms with van der Waals surface area (Å²) in [5.41, 5.74) is 6.50. The minimum atomic E-state index is 0.819. The molecule has 0 aromatic heterocycles. The van der Waals surface area contributed by atoms with Gasteiger partial charge in [0.05, 0.1) is 0 Å². The lowest BCUT2D eigenvalue weighted by molar-refractivity contribution is 0.717. The van der Waals surface area contributed by atoms with E-state index in [9.17, 15) is 0 Å². The van der Waals surface area contributed by atoms with E-state index in [0.29, 0.717) is 0 Å². The summed E-state index contributed by atoms with van der Waals surface area (Å²) < 4.78 is 0. The van der Waals surface area contributed by atoms with E-state index in [-0.39, 0.29) is 0 Å². The Kier molecular flexibility index (Phi) is 10.6. The fraction of sp³-hybridized carbons (Fsp3) is 0.571. The lowest BCUT2D eigenvalue weighted by Crippen LogP contribution is -1.93. The summed E-state index contributed by atoms with van der Waals surface area (Å²) in [5.74, 6) is 0. The third-order valence-electron chi connectivity index (χ3n) is 2.20. The van der Waals surface area contributed by atoms with Crippen molar-refractivity contribution in [2.24, 2.45) is 5.73 Å². The van der Waals surface area contributed by atoms with Gasteiger partial charge in [0.25, 0.3) is 0 Å². The van der Waals surface area contributed by atoms with Crippen LogP contribution in [-0.2, 0) is 6.42 Å². The van der Waals surface area contributed by atoms with Crippen molar-refractivity contribution in [2.45, 2.75) is 46.0 Å². The summed E-state index contributed by atoms with van der Waals surface area (Å²) in [6.45, 7) is 5.12. The summed E-state index contributed by atoms with van der Waals surface area (Å²) in [4.78, 5) is 0. The van der Waals surface area contributed by atoms with Crippen LogP contribution in [0.1, 0.15) is 45.1 Å². The molecule has 0 heterocycles. The van der Waals surface area contributed by atoms with E-state index in [0.717, 1.165) is 13.0 Å². The molecule has 0 atom stereocenters. The number of hydrogen-bond donors (Lipinski definition) is 1. The molecule has 0 saturated heterocycles. The maximum absolute atomic E-state index is 5.03. The highest BCUT2D eigenvalue weighted by Crippen LogP contribution is 2.05. The van der Waals surface area contributed by atoms with Gasteiger partial charge < -0.3 is 5.73 Å². The zero-order valence-corrected chi connectivity index (χ0v) is 10.2. The molecule has 0 amide bonds. The quantitative estimate of drug-likeness (QED) is 0.731. The summed E-state index contributed by atoms with van der Waals surface area (Å²) in [5, 5.41) is 0. The number of unbranched alkanes of at least 4 members (excludes halogenated alkanes) is 2. The number of aryl methyl sites for hydroxylation is 1. The Morgan fingerprint density at radius 2 is 1.53 bits per heavy atom. The molecule has 0 aliphatic rings. The summed E-state index contributed by atoms with van der Waals surface area (Å²) in [6, 6.07) is 10.7. The zero-order chi connectivity index (χ0) is 11.4. The smallest absolute Gasteiger partial charge is 0.00799 e. The zero-order valence-electron chi connectivity index (χ0n) is 10.2. The predicted molar refractivity (Wildman–Crippen MR) is 69.0 cm³/mol. The van der Waals surface area contributed by atoms with Gasteiger partial charge in [0.2, 0.25) is 0 Å². The van der Waals surface area contributed by atoms with Crippen LogP contribution in [0.2, 0.25) is 0 Å². The Labute approximate surface area is 94.7 Å². The van der Waals surface area contributed by atoms with E-state index >= 15 is 0 Å². The van der Waals surface area contributed by atoms with E-state index in [4.69, 9.17) is 5.73 Å². The Morgan fingerprint density at radius 3 is 2.00 bits per heavy atom. The topological polar surface area (TPSA) is 26.0 Å².